The van der Waals surface area contributed by atoms with Gasteiger partial charge in [0.15, 0.2) is 0 Å². The first-order chi connectivity index (χ1) is 12.9. The Balaban J connectivity index is 1.35. The van der Waals surface area contributed by atoms with Crippen molar-refractivity contribution in [2.75, 3.05) is 39.3 Å². The molecule has 4 rings (SSSR count). The third kappa shape index (κ3) is 4.41. The van der Waals surface area contributed by atoms with Crippen molar-refractivity contribution in [3.05, 3.63) is 59.9 Å². The summed E-state index contributed by atoms with van der Waals surface area (Å²) in [5.74, 6) is 0.976. The second-order valence-corrected chi connectivity index (χ2v) is 7.18. The Morgan fingerprint density at radius 2 is 1.88 bits per heavy atom. The maximum atomic E-state index is 6.07. The van der Waals surface area contributed by atoms with Crippen LogP contribution in [0.25, 0.3) is 0 Å². The van der Waals surface area contributed by atoms with E-state index in [0.29, 0.717) is 12.6 Å². The maximum absolute atomic E-state index is 6.07. The number of likely N-dealkylation sites (tertiary alicyclic amines) is 1. The average Bonchev–Trinajstić information content (AvgIpc) is 3.17. The molecule has 1 N–H and O–H groups in total. The summed E-state index contributed by atoms with van der Waals surface area (Å²) in [6.45, 7) is 8.42. The molecule has 2 aromatic rings. The van der Waals surface area contributed by atoms with Gasteiger partial charge >= 0.3 is 0 Å². The Morgan fingerprint density at radius 3 is 2.73 bits per heavy atom. The van der Waals surface area contributed by atoms with Gasteiger partial charge in [-0.25, -0.2) is 0 Å². The van der Waals surface area contributed by atoms with Crippen molar-refractivity contribution in [3.8, 4) is 5.75 Å². The third-order valence-corrected chi connectivity index (χ3v) is 5.38. The standard InChI is InChI=1S/C21H28N4O/c1-2-7-21(26-17-19-6-3-4-9-23-19)18(5-1)15-24-12-8-20(16-24)25-13-10-22-11-14-25/h1-7,9,20,22H,8,10-17H2. The summed E-state index contributed by atoms with van der Waals surface area (Å²) in [6.07, 6.45) is 3.09. The van der Waals surface area contributed by atoms with E-state index in [9.17, 15) is 0 Å². The predicted molar refractivity (Wildman–Crippen MR) is 103 cm³/mol. The van der Waals surface area contributed by atoms with Crippen molar-refractivity contribution in [1.29, 1.82) is 0 Å². The van der Waals surface area contributed by atoms with E-state index in [-0.39, 0.29) is 0 Å². The van der Waals surface area contributed by atoms with Crippen LogP contribution in [-0.4, -0.2) is 60.1 Å². The number of hydrogen-bond acceptors (Lipinski definition) is 5. The molecule has 0 radical (unpaired) electrons. The van der Waals surface area contributed by atoms with Crippen LogP contribution in [0.15, 0.2) is 48.7 Å². The van der Waals surface area contributed by atoms with Crippen molar-refractivity contribution >= 4 is 0 Å². The molecule has 5 heteroatoms. The molecule has 138 valence electrons. The number of piperazine rings is 1. The zero-order chi connectivity index (χ0) is 17.6. The number of benzene rings is 1. The minimum absolute atomic E-state index is 0.515. The molecule has 2 fully saturated rings. The molecule has 2 aliphatic heterocycles. The van der Waals surface area contributed by atoms with Crippen LogP contribution in [0.2, 0.25) is 0 Å². The Labute approximate surface area is 156 Å². The molecule has 1 aromatic heterocycles. The van der Waals surface area contributed by atoms with Gasteiger partial charge in [-0.15, -0.1) is 0 Å². The molecule has 1 aromatic carbocycles. The van der Waals surface area contributed by atoms with Crippen LogP contribution >= 0.6 is 0 Å². The van der Waals surface area contributed by atoms with Crippen LogP contribution < -0.4 is 10.1 Å². The average molecular weight is 352 g/mol. The fourth-order valence-electron chi connectivity index (χ4n) is 3.95. The lowest BCUT2D eigenvalue weighted by molar-refractivity contribution is 0.170. The van der Waals surface area contributed by atoms with E-state index in [1.54, 1.807) is 0 Å². The van der Waals surface area contributed by atoms with Crippen LogP contribution in [-0.2, 0) is 13.2 Å². The van der Waals surface area contributed by atoms with Gasteiger partial charge in [-0.05, 0) is 24.6 Å². The number of ether oxygens (including phenoxy) is 1. The monoisotopic (exact) mass is 352 g/mol. The lowest BCUT2D eigenvalue weighted by atomic mass is 10.2. The highest BCUT2D eigenvalue weighted by molar-refractivity contribution is 5.33. The number of para-hydroxylation sites is 1. The summed E-state index contributed by atoms with van der Waals surface area (Å²) in [6, 6.07) is 15.0. The zero-order valence-electron chi connectivity index (χ0n) is 15.3. The first kappa shape index (κ1) is 17.5. The van der Waals surface area contributed by atoms with Crippen LogP contribution in [0.4, 0.5) is 0 Å². The fraction of sp³-hybridized carbons (Fsp3) is 0.476. The number of hydrogen-bond donors (Lipinski definition) is 1. The van der Waals surface area contributed by atoms with Gasteiger partial charge < -0.3 is 10.1 Å². The molecule has 0 aliphatic carbocycles. The van der Waals surface area contributed by atoms with Crippen molar-refractivity contribution in [3.63, 3.8) is 0 Å². The van der Waals surface area contributed by atoms with Crippen LogP contribution in [0.3, 0.4) is 0 Å². The van der Waals surface area contributed by atoms with E-state index in [0.717, 1.165) is 37.6 Å². The number of pyridine rings is 1. The summed E-state index contributed by atoms with van der Waals surface area (Å²) in [5.41, 5.74) is 2.23. The molecular formula is C21H28N4O. The SMILES string of the molecule is c1ccc(COc2ccccc2CN2CCC(N3CCNCC3)C2)nc1. The first-order valence-corrected chi connectivity index (χ1v) is 9.66. The molecule has 2 saturated heterocycles. The molecule has 3 heterocycles. The smallest absolute Gasteiger partial charge is 0.130 e. The zero-order valence-corrected chi connectivity index (χ0v) is 15.3. The maximum Gasteiger partial charge on any atom is 0.130 e. The van der Waals surface area contributed by atoms with Crippen LogP contribution in [0.5, 0.6) is 5.75 Å². The normalized spacial score (nSPS) is 21.8. The van der Waals surface area contributed by atoms with E-state index in [1.807, 2.05) is 30.5 Å². The van der Waals surface area contributed by atoms with Crippen LogP contribution in [0, 0.1) is 0 Å². The summed E-state index contributed by atoms with van der Waals surface area (Å²) >= 11 is 0. The minimum Gasteiger partial charge on any atom is -0.487 e. The molecule has 26 heavy (non-hydrogen) atoms. The van der Waals surface area contributed by atoms with Gasteiger partial charge in [0.25, 0.3) is 0 Å². The summed E-state index contributed by atoms with van der Waals surface area (Å²) in [7, 11) is 0. The highest BCUT2D eigenvalue weighted by atomic mass is 16.5. The highest BCUT2D eigenvalue weighted by Crippen LogP contribution is 2.24. The topological polar surface area (TPSA) is 40.6 Å². The van der Waals surface area contributed by atoms with Gasteiger partial charge in [-0.3, -0.25) is 14.8 Å². The van der Waals surface area contributed by atoms with Crippen LogP contribution in [0.1, 0.15) is 17.7 Å². The Kier molecular flexibility index (Phi) is 5.79. The lowest BCUT2D eigenvalue weighted by Crippen LogP contribution is -2.49. The molecular weight excluding hydrogens is 324 g/mol. The minimum atomic E-state index is 0.515. The molecule has 0 amide bonds. The number of rotatable bonds is 6. The Bertz CT molecular complexity index is 687. The van der Waals surface area contributed by atoms with E-state index in [2.05, 4.69) is 38.3 Å². The molecule has 0 saturated carbocycles. The predicted octanol–water partition coefficient (Wildman–Crippen LogP) is 2.14. The Morgan fingerprint density at radius 1 is 1.04 bits per heavy atom. The summed E-state index contributed by atoms with van der Waals surface area (Å²) in [4.78, 5) is 9.56. The molecule has 0 bridgehead atoms. The lowest BCUT2D eigenvalue weighted by Gasteiger charge is -2.32. The van der Waals surface area contributed by atoms with Crippen molar-refractivity contribution in [2.24, 2.45) is 0 Å². The third-order valence-electron chi connectivity index (χ3n) is 5.38. The first-order valence-electron chi connectivity index (χ1n) is 9.66. The number of nitrogens with one attached hydrogen (secondary N) is 1. The van der Waals surface area contributed by atoms with Gasteiger partial charge in [-0.2, -0.15) is 0 Å². The van der Waals surface area contributed by atoms with Gasteiger partial charge in [-0.1, -0.05) is 24.3 Å². The van der Waals surface area contributed by atoms with Crippen molar-refractivity contribution in [2.45, 2.75) is 25.6 Å². The second kappa shape index (κ2) is 8.62. The van der Waals surface area contributed by atoms with Crippen molar-refractivity contribution in [1.82, 2.24) is 20.1 Å². The van der Waals surface area contributed by atoms with E-state index < -0.39 is 0 Å². The second-order valence-electron chi connectivity index (χ2n) is 7.18. The number of aromatic nitrogens is 1. The van der Waals surface area contributed by atoms with Gasteiger partial charge in [0, 0.05) is 63.6 Å². The fourth-order valence-corrected chi connectivity index (χ4v) is 3.95. The van der Waals surface area contributed by atoms with E-state index in [4.69, 9.17) is 4.74 Å². The summed E-state index contributed by atoms with van der Waals surface area (Å²) < 4.78 is 6.07. The largest absolute Gasteiger partial charge is 0.487 e. The number of nitrogens with zero attached hydrogens (tertiary/aromatic N) is 3. The Hall–Kier alpha value is -1.95. The van der Waals surface area contributed by atoms with Gasteiger partial charge in [0.2, 0.25) is 0 Å². The van der Waals surface area contributed by atoms with E-state index in [1.165, 1.54) is 31.6 Å². The highest BCUT2D eigenvalue weighted by Gasteiger charge is 2.28. The van der Waals surface area contributed by atoms with E-state index >= 15 is 0 Å². The van der Waals surface area contributed by atoms with Gasteiger partial charge in [0.1, 0.15) is 12.4 Å². The molecule has 0 spiro atoms. The van der Waals surface area contributed by atoms with Crippen molar-refractivity contribution < 1.29 is 4.74 Å². The molecule has 5 nitrogen and oxygen atoms in total. The quantitative estimate of drug-likeness (QED) is 0.863. The molecule has 1 unspecified atom stereocenters. The molecule has 2 aliphatic rings. The molecule has 1 atom stereocenters. The van der Waals surface area contributed by atoms with Gasteiger partial charge in [0.05, 0.1) is 5.69 Å². The summed E-state index contributed by atoms with van der Waals surface area (Å²) in [5, 5.41) is 3.45.